The average molecular weight is 431 g/mol. The number of anilines is 1. The van der Waals surface area contributed by atoms with Crippen LogP contribution in [0.4, 0.5) is 11.4 Å². The van der Waals surface area contributed by atoms with Crippen LogP contribution in [0.15, 0.2) is 46.7 Å². The zero-order chi connectivity index (χ0) is 20.8. The van der Waals surface area contributed by atoms with Crippen LogP contribution < -0.4 is 9.04 Å². The maximum atomic E-state index is 13.2. The van der Waals surface area contributed by atoms with Gasteiger partial charge in [0.25, 0.3) is 10.0 Å². The molecule has 2 heterocycles. The van der Waals surface area contributed by atoms with Crippen molar-refractivity contribution in [3.63, 3.8) is 0 Å². The molecule has 10 heteroatoms. The molecule has 0 saturated heterocycles. The highest BCUT2D eigenvalue weighted by Gasteiger charge is 2.32. The summed E-state index contributed by atoms with van der Waals surface area (Å²) in [6, 6.07) is 9.23. The number of thiazole rings is 1. The molecule has 2 aromatic carbocycles. The van der Waals surface area contributed by atoms with Crippen LogP contribution >= 0.6 is 11.3 Å². The van der Waals surface area contributed by atoms with Crippen molar-refractivity contribution in [1.82, 2.24) is 4.98 Å². The molecule has 0 saturated carbocycles. The summed E-state index contributed by atoms with van der Waals surface area (Å²) in [5, 5.41) is 14.2. The molecule has 1 aliphatic rings. The van der Waals surface area contributed by atoms with Gasteiger partial charge in [-0.3, -0.25) is 14.4 Å². The van der Waals surface area contributed by atoms with Crippen molar-refractivity contribution in [2.75, 3.05) is 18.0 Å². The van der Waals surface area contributed by atoms with E-state index in [1.165, 1.54) is 23.5 Å². The normalized spacial score (nSPS) is 13.4. The lowest BCUT2D eigenvalue weighted by atomic mass is 10.1. The summed E-state index contributed by atoms with van der Waals surface area (Å²) < 4.78 is 32.6. The number of hydrogen-bond acceptors (Lipinski definition) is 7. The Balaban J connectivity index is 1.72. The lowest BCUT2D eigenvalue weighted by molar-refractivity contribution is -0.386. The molecular weight excluding hydrogens is 414 g/mol. The Morgan fingerprint density at radius 3 is 2.69 bits per heavy atom. The average Bonchev–Trinajstić information content (AvgIpc) is 3.33. The quantitative estimate of drug-likeness (QED) is 0.450. The third kappa shape index (κ3) is 3.34. The van der Waals surface area contributed by atoms with Gasteiger partial charge in [0.2, 0.25) is 0 Å². The number of nitro benzene ring substituents is 1. The van der Waals surface area contributed by atoms with Crippen LogP contribution in [0.2, 0.25) is 0 Å². The van der Waals surface area contributed by atoms with Gasteiger partial charge in [-0.1, -0.05) is 6.07 Å². The first-order valence-corrected chi connectivity index (χ1v) is 11.0. The van der Waals surface area contributed by atoms with Gasteiger partial charge in [0.1, 0.15) is 0 Å². The summed E-state index contributed by atoms with van der Waals surface area (Å²) in [5.74, 6) is 0.0129. The van der Waals surface area contributed by atoms with E-state index in [0.29, 0.717) is 12.1 Å². The molecular formula is C19H17N3O5S2. The number of fused-ring (bicyclic) bond motifs is 1. The largest absolute Gasteiger partial charge is 0.490 e. The lowest BCUT2D eigenvalue weighted by Crippen LogP contribution is -2.29. The van der Waals surface area contributed by atoms with Gasteiger partial charge < -0.3 is 4.74 Å². The van der Waals surface area contributed by atoms with Gasteiger partial charge >= 0.3 is 5.69 Å². The SMILES string of the molecule is COc1ccc(S(=O)(=O)N2CCc3cc(-c4csc(C)n4)ccc32)cc1[N+](=O)[O-]. The predicted octanol–water partition coefficient (Wildman–Crippen LogP) is 3.79. The highest BCUT2D eigenvalue weighted by atomic mass is 32.2. The highest BCUT2D eigenvalue weighted by Crippen LogP contribution is 2.37. The smallest absolute Gasteiger partial charge is 0.312 e. The predicted molar refractivity (Wildman–Crippen MR) is 110 cm³/mol. The number of ether oxygens (including phenoxy) is 1. The number of rotatable bonds is 5. The van der Waals surface area contributed by atoms with Gasteiger partial charge in [0.15, 0.2) is 5.75 Å². The number of nitro groups is 1. The van der Waals surface area contributed by atoms with Gasteiger partial charge in [-0.05, 0) is 43.2 Å². The fraction of sp³-hybridized carbons (Fsp3) is 0.211. The second-order valence-corrected chi connectivity index (χ2v) is 9.44. The summed E-state index contributed by atoms with van der Waals surface area (Å²) >= 11 is 1.56. The van der Waals surface area contributed by atoms with E-state index < -0.39 is 14.9 Å². The highest BCUT2D eigenvalue weighted by molar-refractivity contribution is 7.92. The van der Waals surface area contributed by atoms with Crippen molar-refractivity contribution in [2.45, 2.75) is 18.2 Å². The zero-order valence-corrected chi connectivity index (χ0v) is 17.3. The first kappa shape index (κ1) is 19.3. The third-order valence-corrected chi connectivity index (χ3v) is 7.36. The molecule has 0 N–H and O–H groups in total. The number of sulfonamides is 1. The number of aryl methyl sites for hydroxylation is 1. The number of methoxy groups -OCH3 is 1. The molecule has 0 fully saturated rings. The molecule has 3 aromatic rings. The molecule has 1 aliphatic heterocycles. The minimum atomic E-state index is -3.95. The second kappa shape index (κ2) is 7.12. The summed E-state index contributed by atoms with van der Waals surface area (Å²) in [6.45, 7) is 2.21. The van der Waals surface area contributed by atoms with Crippen LogP contribution in [0, 0.1) is 17.0 Å². The number of benzene rings is 2. The van der Waals surface area contributed by atoms with E-state index in [-0.39, 0.29) is 22.9 Å². The molecule has 0 unspecified atom stereocenters. The van der Waals surface area contributed by atoms with Crippen molar-refractivity contribution in [2.24, 2.45) is 0 Å². The van der Waals surface area contributed by atoms with Crippen molar-refractivity contribution >= 4 is 32.7 Å². The maximum Gasteiger partial charge on any atom is 0.312 e. The van der Waals surface area contributed by atoms with Crippen molar-refractivity contribution in [3.05, 3.63) is 62.5 Å². The zero-order valence-electron chi connectivity index (χ0n) is 15.7. The molecule has 0 bridgehead atoms. The van der Waals surface area contributed by atoms with E-state index in [4.69, 9.17) is 4.74 Å². The maximum absolute atomic E-state index is 13.2. The van der Waals surface area contributed by atoms with Crippen molar-refractivity contribution in [3.8, 4) is 17.0 Å². The monoisotopic (exact) mass is 431 g/mol. The number of nitrogens with zero attached hydrogens (tertiary/aromatic N) is 3. The van der Waals surface area contributed by atoms with E-state index >= 15 is 0 Å². The van der Waals surface area contributed by atoms with Crippen molar-refractivity contribution in [1.29, 1.82) is 0 Å². The molecule has 1 aromatic heterocycles. The van der Waals surface area contributed by atoms with Crippen LogP contribution in [0.5, 0.6) is 5.75 Å². The Labute approximate surface area is 171 Å². The Kier molecular flexibility index (Phi) is 4.75. The Morgan fingerprint density at radius 1 is 1.24 bits per heavy atom. The summed E-state index contributed by atoms with van der Waals surface area (Å²) in [6.07, 6.45) is 0.559. The number of hydrogen-bond donors (Lipinski definition) is 0. The first-order valence-electron chi connectivity index (χ1n) is 8.72. The molecule has 0 spiro atoms. The first-order chi connectivity index (χ1) is 13.8. The molecule has 29 heavy (non-hydrogen) atoms. The van der Waals surface area contributed by atoms with Crippen LogP contribution in [0.25, 0.3) is 11.3 Å². The second-order valence-electron chi connectivity index (χ2n) is 6.51. The number of aromatic nitrogens is 1. The molecule has 0 radical (unpaired) electrons. The molecule has 0 aliphatic carbocycles. The fourth-order valence-electron chi connectivity index (χ4n) is 3.38. The van der Waals surface area contributed by atoms with Crippen LogP contribution in [-0.4, -0.2) is 32.0 Å². The van der Waals surface area contributed by atoms with Gasteiger partial charge in [-0.15, -0.1) is 11.3 Å². The van der Waals surface area contributed by atoms with Gasteiger partial charge in [-0.2, -0.15) is 0 Å². The fourth-order valence-corrected chi connectivity index (χ4v) is 5.52. The minimum Gasteiger partial charge on any atom is -0.490 e. The van der Waals surface area contributed by atoms with E-state index in [1.807, 2.05) is 24.4 Å². The Morgan fingerprint density at radius 2 is 2.03 bits per heavy atom. The van der Waals surface area contributed by atoms with E-state index in [2.05, 4.69) is 4.98 Å². The molecule has 150 valence electrons. The van der Waals surface area contributed by atoms with Crippen LogP contribution in [0.3, 0.4) is 0 Å². The minimum absolute atomic E-state index is 0.0129. The van der Waals surface area contributed by atoms with E-state index in [0.717, 1.165) is 27.9 Å². The molecule has 4 rings (SSSR count). The van der Waals surface area contributed by atoms with Gasteiger partial charge in [-0.25, -0.2) is 13.4 Å². The lowest BCUT2D eigenvalue weighted by Gasteiger charge is -2.20. The molecule has 0 amide bonds. The molecule has 0 atom stereocenters. The standard InChI is InChI=1S/C19H17N3O5S2/c1-12-20-16(11-28-12)13-3-5-17-14(9-13)7-8-21(17)29(25,26)15-4-6-19(27-2)18(10-15)22(23)24/h3-6,9-11H,7-8H2,1-2H3. The summed E-state index contributed by atoms with van der Waals surface area (Å²) in [5.41, 5.74) is 2.90. The Hall–Kier alpha value is -2.98. The van der Waals surface area contributed by atoms with Crippen LogP contribution in [-0.2, 0) is 16.4 Å². The van der Waals surface area contributed by atoms with Gasteiger partial charge in [0, 0.05) is 23.6 Å². The summed E-state index contributed by atoms with van der Waals surface area (Å²) in [7, 11) is -2.65. The third-order valence-electron chi connectivity index (χ3n) is 4.78. The van der Waals surface area contributed by atoms with Crippen molar-refractivity contribution < 1.29 is 18.1 Å². The van der Waals surface area contributed by atoms with E-state index in [9.17, 15) is 18.5 Å². The summed E-state index contributed by atoms with van der Waals surface area (Å²) in [4.78, 5) is 14.9. The van der Waals surface area contributed by atoms with E-state index in [1.54, 1.807) is 17.4 Å². The van der Waals surface area contributed by atoms with Gasteiger partial charge in [0.05, 0.1) is 33.3 Å². The topological polar surface area (TPSA) is 103 Å². The molecule has 8 nitrogen and oxygen atoms in total. The van der Waals surface area contributed by atoms with Crippen LogP contribution in [0.1, 0.15) is 10.6 Å². The Bertz CT molecular complexity index is 1220.